The smallest absolute Gasteiger partial charge is 0.303 e. The number of hydrogen-bond donors (Lipinski definition) is 2. The summed E-state index contributed by atoms with van der Waals surface area (Å²) in [5.74, 6) is -0.278. The van der Waals surface area contributed by atoms with Crippen molar-refractivity contribution >= 4 is 27.8 Å². The predicted molar refractivity (Wildman–Crippen MR) is 78.6 cm³/mol. The molecule has 0 bridgehead atoms. The van der Waals surface area contributed by atoms with Crippen LogP contribution in [0.5, 0.6) is 0 Å². The fourth-order valence-electron chi connectivity index (χ4n) is 2.04. The number of hydrogen-bond acceptors (Lipinski definition) is 3. The van der Waals surface area contributed by atoms with Crippen LogP contribution in [0.25, 0.3) is 0 Å². The first-order valence-electron chi connectivity index (χ1n) is 6.64. The first-order valence-corrected chi connectivity index (χ1v) is 7.44. The predicted octanol–water partition coefficient (Wildman–Crippen LogP) is 3.30. The van der Waals surface area contributed by atoms with Gasteiger partial charge in [0.25, 0.3) is 5.91 Å². The van der Waals surface area contributed by atoms with Gasteiger partial charge in [-0.3, -0.25) is 9.59 Å². The van der Waals surface area contributed by atoms with Crippen molar-refractivity contribution in [2.75, 3.05) is 6.54 Å². The Morgan fingerprint density at radius 1 is 1.40 bits per heavy atom. The molecule has 1 atom stereocenters. The number of amides is 1. The van der Waals surface area contributed by atoms with Crippen LogP contribution in [-0.2, 0) is 4.79 Å². The second kappa shape index (κ2) is 8.09. The summed E-state index contributed by atoms with van der Waals surface area (Å²) in [6.07, 6.45) is 3.03. The Bertz CT molecular complexity index is 456. The highest BCUT2D eigenvalue weighted by molar-refractivity contribution is 9.10. The van der Waals surface area contributed by atoms with E-state index in [9.17, 15) is 9.59 Å². The standard InChI is InChI=1S/C14H20BrNO4/c1-9(2)10(3-4-12(17)18)5-7-16-14(19)11-6-8-20-13(11)15/h6,8-10H,3-5,7H2,1-2H3,(H,16,19)(H,17,18). The molecule has 0 aromatic carbocycles. The Labute approximate surface area is 126 Å². The SMILES string of the molecule is CC(C)C(CCNC(=O)c1ccoc1Br)CCC(=O)O. The van der Waals surface area contributed by atoms with Crippen molar-refractivity contribution in [2.45, 2.75) is 33.1 Å². The minimum Gasteiger partial charge on any atom is -0.481 e. The maximum Gasteiger partial charge on any atom is 0.303 e. The monoisotopic (exact) mass is 345 g/mol. The molecule has 1 unspecified atom stereocenters. The van der Waals surface area contributed by atoms with Crippen LogP contribution < -0.4 is 5.32 Å². The highest BCUT2D eigenvalue weighted by Gasteiger charge is 2.16. The lowest BCUT2D eigenvalue weighted by Crippen LogP contribution is -2.27. The minimum absolute atomic E-state index is 0.171. The summed E-state index contributed by atoms with van der Waals surface area (Å²) in [6, 6.07) is 1.60. The van der Waals surface area contributed by atoms with Gasteiger partial charge in [-0.1, -0.05) is 13.8 Å². The summed E-state index contributed by atoms with van der Waals surface area (Å²) in [7, 11) is 0. The molecule has 20 heavy (non-hydrogen) atoms. The molecule has 1 heterocycles. The molecule has 6 heteroatoms. The van der Waals surface area contributed by atoms with Crippen LogP contribution in [0, 0.1) is 11.8 Å². The Kier molecular flexibility index (Phi) is 6.78. The van der Waals surface area contributed by atoms with Crippen molar-refractivity contribution in [3.8, 4) is 0 Å². The van der Waals surface area contributed by atoms with Crippen molar-refractivity contribution in [3.63, 3.8) is 0 Å². The number of rotatable bonds is 8. The lowest BCUT2D eigenvalue weighted by atomic mass is 9.88. The van der Waals surface area contributed by atoms with Gasteiger partial charge in [-0.15, -0.1) is 0 Å². The normalized spacial score (nSPS) is 12.4. The number of carbonyl (C=O) groups excluding carboxylic acids is 1. The summed E-state index contributed by atoms with van der Waals surface area (Å²) in [6.45, 7) is 4.67. The fraction of sp³-hybridized carbons (Fsp3) is 0.571. The molecule has 112 valence electrons. The topological polar surface area (TPSA) is 79.5 Å². The first-order chi connectivity index (χ1) is 9.41. The van der Waals surface area contributed by atoms with Gasteiger partial charge in [-0.2, -0.15) is 0 Å². The molecule has 1 aromatic rings. The van der Waals surface area contributed by atoms with Gasteiger partial charge in [-0.25, -0.2) is 0 Å². The third-order valence-corrected chi connectivity index (χ3v) is 3.95. The summed E-state index contributed by atoms with van der Waals surface area (Å²) < 4.78 is 5.42. The first kappa shape index (κ1) is 16.8. The molecule has 1 rings (SSSR count). The van der Waals surface area contributed by atoms with Crippen LogP contribution >= 0.6 is 15.9 Å². The molecule has 2 N–H and O–H groups in total. The Morgan fingerprint density at radius 2 is 2.10 bits per heavy atom. The van der Waals surface area contributed by atoms with Crippen LogP contribution in [0.15, 0.2) is 21.4 Å². The van der Waals surface area contributed by atoms with E-state index in [0.717, 1.165) is 6.42 Å². The number of carbonyl (C=O) groups is 2. The average Bonchev–Trinajstić information content (AvgIpc) is 2.78. The maximum absolute atomic E-state index is 11.8. The van der Waals surface area contributed by atoms with Gasteiger partial charge in [0.2, 0.25) is 0 Å². The third kappa shape index (κ3) is 5.36. The van der Waals surface area contributed by atoms with E-state index in [1.165, 1.54) is 6.26 Å². The van der Waals surface area contributed by atoms with Crippen LogP contribution in [0.4, 0.5) is 0 Å². The zero-order valence-corrected chi connectivity index (χ0v) is 13.3. The van der Waals surface area contributed by atoms with Crippen LogP contribution in [-0.4, -0.2) is 23.5 Å². The van der Waals surface area contributed by atoms with Crippen LogP contribution in [0.1, 0.15) is 43.5 Å². The molecule has 0 aliphatic rings. The van der Waals surface area contributed by atoms with Crippen molar-refractivity contribution in [2.24, 2.45) is 11.8 Å². The number of aliphatic carboxylic acids is 1. The van der Waals surface area contributed by atoms with E-state index in [-0.39, 0.29) is 12.3 Å². The number of carboxylic acids is 1. The molecule has 0 aliphatic carbocycles. The molecule has 0 saturated carbocycles. The van der Waals surface area contributed by atoms with E-state index in [1.807, 2.05) is 0 Å². The van der Waals surface area contributed by atoms with E-state index in [1.54, 1.807) is 6.07 Å². The average molecular weight is 346 g/mol. The second-order valence-corrected chi connectivity index (χ2v) is 5.81. The largest absolute Gasteiger partial charge is 0.481 e. The number of halogens is 1. The van der Waals surface area contributed by atoms with Gasteiger partial charge < -0.3 is 14.8 Å². The highest BCUT2D eigenvalue weighted by Crippen LogP contribution is 2.21. The molecule has 0 fully saturated rings. The van der Waals surface area contributed by atoms with E-state index in [0.29, 0.717) is 35.0 Å². The van der Waals surface area contributed by atoms with Crippen molar-refractivity contribution in [1.82, 2.24) is 5.32 Å². The fourth-order valence-corrected chi connectivity index (χ4v) is 2.46. The zero-order valence-electron chi connectivity index (χ0n) is 11.7. The van der Waals surface area contributed by atoms with Crippen molar-refractivity contribution in [3.05, 3.63) is 22.6 Å². The highest BCUT2D eigenvalue weighted by atomic mass is 79.9. The van der Waals surface area contributed by atoms with Crippen molar-refractivity contribution < 1.29 is 19.1 Å². The Hall–Kier alpha value is -1.30. The van der Waals surface area contributed by atoms with E-state index < -0.39 is 5.97 Å². The maximum atomic E-state index is 11.8. The quantitative estimate of drug-likeness (QED) is 0.757. The zero-order chi connectivity index (χ0) is 15.1. The van der Waals surface area contributed by atoms with Gasteiger partial charge in [0.15, 0.2) is 4.67 Å². The van der Waals surface area contributed by atoms with Crippen LogP contribution in [0.3, 0.4) is 0 Å². The second-order valence-electron chi connectivity index (χ2n) is 5.09. The lowest BCUT2D eigenvalue weighted by molar-refractivity contribution is -0.137. The summed E-state index contributed by atoms with van der Waals surface area (Å²) in [5, 5.41) is 11.6. The van der Waals surface area contributed by atoms with Gasteiger partial charge in [0.1, 0.15) is 0 Å². The van der Waals surface area contributed by atoms with Crippen LogP contribution in [0.2, 0.25) is 0 Å². The van der Waals surface area contributed by atoms with Gasteiger partial charge in [0, 0.05) is 13.0 Å². The molecule has 0 aliphatic heterocycles. The molecular formula is C14H20BrNO4. The molecule has 5 nitrogen and oxygen atoms in total. The summed E-state index contributed by atoms with van der Waals surface area (Å²) in [5.41, 5.74) is 0.469. The summed E-state index contributed by atoms with van der Waals surface area (Å²) >= 11 is 3.16. The summed E-state index contributed by atoms with van der Waals surface area (Å²) in [4.78, 5) is 22.5. The minimum atomic E-state index is -0.776. The number of furan rings is 1. The molecule has 1 amide bonds. The molecule has 0 saturated heterocycles. The lowest BCUT2D eigenvalue weighted by Gasteiger charge is -2.20. The van der Waals surface area contributed by atoms with Crippen molar-refractivity contribution in [1.29, 1.82) is 0 Å². The molecule has 0 radical (unpaired) electrons. The Balaban J connectivity index is 2.38. The van der Waals surface area contributed by atoms with Gasteiger partial charge >= 0.3 is 5.97 Å². The van der Waals surface area contributed by atoms with Gasteiger partial charge in [-0.05, 0) is 46.7 Å². The molecule has 0 spiro atoms. The van der Waals surface area contributed by atoms with Gasteiger partial charge in [0.05, 0.1) is 11.8 Å². The molecule has 1 aromatic heterocycles. The molecular weight excluding hydrogens is 326 g/mol. The van der Waals surface area contributed by atoms with E-state index in [4.69, 9.17) is 9.52 Å². The van der Waals surface area contributed by atoms with E-state index in [2.05, 4.69) is 35.1 Å². The number of carboxylic acid groups (broad SMARTS) is 1. The third-order valence-electron chi connectivity index (χ3n) is 3.34. The Morgan fingerprint density at radius 3 is 2.60 bits per heavy atom. The number of nitrogens with one attached hydrogen (secondary N) is 1. The van der Waals surface area contributed by atoms with E-state index >= 15 is 0 Å².